The van der Waals surface area contributed by atoms with Crippen molar-refractivity contribution >= 4 is 22.5 Å². The minimum absolute atomic E-state index is 0.467. The Hall–Kier alpha value is -3.09. The van der Waals surface area contributed by atoms with E-state index >= 15 is 0 Å². The molecule has 4 rings (SSSR count). The molecule has 0 amide bonds. The van der Waals surface area contributed by atoms with Gasteiger partial charge in [-0.1, -0.05) is 6.07 Å². The predicted octanol–water partition coefficient (Wildman–Crippen LogP) is 3.15. The second-order valence-electron chi connectivity index (χ2n) is 6.94. The summed E-state index contributed by atoms with van der Waals surface area (Å²) in [6.45, 7) is 1.87. The van der Waals surface area contributed by atoms with E-state index in [0.717, 1.165) is 48.5 Å². The van der Waals surface area contributed by atoms with Crippen LogP contribution in [0.2, 0.25) is 0 Å². The highest BCUT2D eigenvalue weighted by Crippen LogP contribution is 2.35. The molecule has 7 heteroatoms. The fraction of sp³-hybridized carbons (Fsp3) is 0.381. The maximum atomic E-state index is 5.47. The summed E-state index contributed by atoms with van der Waals surface area (Å²) in [7, 11) is 5.40. The van der Waals surface area contributed by atoms with Gasteiger partial charge in [-0.2, -0.15) is 0 Å². The second kappa shape index (κ2) is 7.88. The Morgan fingerprint density at radius 2 is 1.75 bits per heavy atom. The molecule has 0 aliphatic carbocycles. The van der Waals surface area contributed by atoms with E-state index in [0.29, 0.717) is 17.5 Å². The van der Waals surface area contributed by atoms with Crippen molar-refractivity contribution in [3.63, 3.8) is 0 Å². The number of piperidine rings is 1. The molecular formula is C21H25N5O2. The van der Waals surface area contributed by atoms with Gasteiger partial charge in [-0.25, -0.2) is 15.0 Å². The van der Waals surface area contributed by atoms with Crippen LogP contribution in [-0.4, -0.2) is 55.4 Å². The number of aromatic nitrogens is 3. The van der Waals surface area contributed by atoms with Crippen molar-refractivity contribution in [2.45, 2.75) is 18.9 Å². The highest BCUT2D eigenvalue weighted by Gasteiger charge is 2.25. The van der Waals surface area contributed by atoms with Gasteiger partial charge >= 0.3 is 0 Å². The van der Waals surface area contributed by atoms with Crippen LogP contribution in [0.3, 0.4) is 0 Å². The third-order valence-corrected chi connectivity index (χ3v) is 5.44. The van der Waals surface area contributed by atoms with Gasteiger partial charge in [0.05, 0.1) is 19.7 Å². The van der Waals surface area contributed by atoms with E-state index in [-0.39, 0.29) is 0 Å². The molecule has 0 bridgehead atoms. The van der Waals surface area contributed by atoms with E-state index in [2.05, 4.69) is 37.9 Å². The molecule has 0 unspecified atom stereocenters. The van der Waals surface area contributed by atoms with Gasteiger partial charge in [-0.15, -0.1) is 0 Å². The molecule has 0 saturated carbocycles. The largest absolute Gasteiger partial charge is 0.493 e. The first-order valence-electron chi connectivity index (χ1n) is 9.47. The Balaban J connectivity index is 1.55. The summed E-state index contributed by atoms with van der Waals surface area (Å²) in [4.78, 5) is 18.1. The van der Waals surface area contributed by atoms with Gasteiger partial charge in [0.15, 0.2) is 11.5 Å². The average molecular weight is 379 g/mol. The minimum Gasteiger partial charge on any atom is -0.493 e. The van der Waals surface area contributed by atoms with E-state index in [1.54, 1.807) is 20.5 Å². The first-order chi connectivity index (χ1) is 13.7. The Morgan fingerprint density at radius 3 is 2.43 bits per heavy atom. The zero-order valence-electron chi connectivity index (χ0n) is 16.5. The molecule has 2 aromatic heterocycles. The topological polar surface area (TPSA) is 63.6 Å². The lowest BCUT2D eigenvalue weighted by atomic mass is 10.0. The fourth-order valence-corrected chi connectivity index (χ4v) is 3.84. The van der Waals surface area contributed by atoms with Gasteiger partial charge in [0.2, 0.25) is 0 Å². The molecule has 0 spiro atoms. The summed E-state index contributed by atoms with van der Waals surface area (Å²) in [6, 6.07) is 10.4. The zero-order valence-corrected chi connectivity index (χ0v) is 16.5. The van der Waals surface area contributed by atoms with Gasteiger partial charge < -0.3 is 19.3 Å². The molecule has 0 radical (unpaired) electrons. The number of hydrogen-bond donors (Lipinski definition) is 0. The Bertz CT molecular complexity index is 942. The van der Waals surface area contributed by atoms with E-state index in [4.69, 9.17) is 9.47 Å². The predicted molar refractivity (Wildman–Crippen MR) is 111 cm³/mol. The molecule has 1 aliphatic heterocycles. The number of ether oxygens (including phenoxy) is 2. The van der Waals surface area contributed by atoms with Crippen molar-refractivity contribution in [3.05, 3.63) is 42.9 Å². The number of hydrogen-bond acceptors (Lipinski definition) is 7. The maximum Gasteiger partial charge on any atom is 0.162 e. The van der Waals surface area contributed by atoms with Crippen LogP contribution in [-0.2, 0) is 0 Å². The molecule has 3 heterocycles. The zero-order chi connectivity index (χ0) is 19.5. The van der Waals surface area contributed by atoms with Gasteiger partial charge in [-0.3, -0.25) is 0 Å². The molecule has 1 aliphatic rings. The Kier molecular flexibility index (Phi) is 5.14. The molecule has 0 atom stereocenters. The van der Waals surface area contributed by atoms with Gasteiger partial charge in [0.1, 0.15) is 18.0 Å². The first-order valence-corrected chi connectivity index (χ1v) is 9.47. The number of rotatable bonds is 5. The third kappa shape index (κ3) is 3.40. The van der Waals surface area contributed by atoms with E-state index in [9.17, 15) is 0 Å². The summed E-state index contributed by atoms with van der Waals surface area (Å²) in [5.74, 6) is 3.33. The quantitative estimate of drug-likeness (QED) is 0.675. The molecule has 1 aromatic carbocycles. The summed E-state index contributed by atoms with van der Waals surface area (Å²) in [6.07, 6.45) is 5.56. The van der Waals surface area contributed by atoms with Crippen LogP contribution in [0.4, 0.5) is 11.6 Å². The third-order valence-electron chi connectivity index (χ3n) is 5.44. The highest BCUT2D eigenvalue weighted by atomic mass is 16.5. The lowest BCUT2D eigenvalue weighted by Gasteiger charge is -2.38. The molecule has 1 fully saturated rings. The SMILES string of the molecule is COc1cc2ncnc(N3CCC(N(C)c4ccccn4)CC3)c2cc1OC. The molecule has 28 heavy (non-hydrogen) atoms. The van der Waals surface area contributed by atoms with Crippen molar-refractivity contribution in [3.8, 4) is 11.5 Å². The Labute approximate surface area is 164 Å². The van der Waals surface area contributed by atoms with Gasteiger partial charge in [-0.05, 0) is 31.0 Å². The van der Waals surface area contributed by atoms with Gasteiger partial charge in [0, 0.05) is 43.8 Å². The summed E-state index contributed by atoms with van der Waals surface area (Å²) < 4.78 is 10.9. The summed E-state index contributed by atoms with van der Waals surface area (Å²) in [5.41, 5.74) is 0.857. The van der Waals surface area contributed by atoms with Crippen LogP contribution >= 0.6 is 0 Å². The van der Waals surface area contributed by atoms with Crippen molar-refractivity contribution in [2.24, 2.45) is 0 Å². The molecular weight excluding hydrogens is 354 g/mol. The highest BCUT2D eigenvalue weighted by molar-refractivity contribution is 5.92. The lowest BCUT2D eigenvalue weighted by Crippen LogP contribution is -2.44. The van der Waals surface area contributed by atoms with E-state index in [1.807, 2.05) is 30.5 Å². The van der Waals surface area contributed by atoms with Crippen LogP contribution in [0.1, 0.15) is 12.8 Å². The average Bonchev–Trinajstić information content (AvgIpc) is 2.77. The van der Waals surface area contributed by atoms with Crippen LogP contribution < -0.4 is 19.3 Å². The standard InChI is InChI=1S/C21H25N5O2/c1-25(20-6-4-5-9-22-20)15-7-10-26(11-8-15)21-16-12-18(27-2)19(28-3)13-17(16)23-14-24-21/h4-6,9,12-15H,7-8,10-11H2,1-3H3. The van der Waals surface area contributed by atoms with Crippen LogP contribution in [0.25, 0.3) is 10.9 Å². The molecule has 146 valence electrons. The summed E-state index contributed by atoms with van der Waals surface area (Å²) in [5, 5.41) is 0.983. The fourth-order valence-electron chi connectivity index (χ4n) is 3.84. The first kappa shape index (κ1) is 18.3. The Morgan fingerprint density at radius 1 is 1.00 bits per heavy atom. The number of fused-ring (bicyclic) bond motifs is 1. The second-order valence-corrected chi connectivity index (χ2v) is 6.94. The lowest BCUT2D eigenvalue weighted by molar-refractivity contribution is 0.355. The number of anilines is 2. The molecule has 1 saturated heterocycles. The number of methoxy groups -OCH3 is 2. The van der Waals surface area contributed by atoms with Crippen molar-refractivity contribution in [1.82, 2.24) is 15.0 Å². The van der Waals surface area contributed by atoms with E-state index < -0.39 is 0 Å². The van der Waals surface area contributed by atoms with Crippen LogP contribution in [0.15, 0.2) is 42.9 Å². The van der Waals surface area contributed by atoms with Crippen molar-refractivity contribution in [2.75, 3.05) is 44.2 Å². The van der Waals surface area contributed by atoms with Crippen molar-refractivity contribution in [1.29, 1.82) is 0 Å². The van der Waals surface area contributed by atoms with Crippen LogP contribution in [0.5, 0.6) is 11.5 Å². The number of benzene rings is 1. The molecule has 3 aromatic rings. The molecule has 7 nitrogen and oxygen atoms in total. The van der Waals surface area contributed by atoms with Crippen molar-refractivity contribution < 1.29 is 9.47 Å². The van der Waals surface area contributed by atoms with Gasteiger partial charge in [0.25, 0.3) is 0 Å². The number of nitrogens with zero attached hydrogens (tertiary/aromatic N) is 5. The van der Waals surface area contributed by atoms with Crippen LogP contribution in [0, 0.1) is 0 Å². The minimum atomic E-state index is 0.467. The smallest absolute Gasteiger partial charge is 0.162 e. The summed E-state index contributed by atoms with van der Waals surface area (Å²) >= 11 is 0. The number of pyridine rings is 1. The maximum absolute atomic E-state index is 5.47. The monoisotopic (exact) mass is 379 g/mol. The molecule has 0 N–H and O–H groups in total. The van der Waals surface area contributed by atoms with E-state index in [1.165, 1.54) is 0 Å². The normalized spacial score (nSPS) is 14.9.